The molecule has 2 amide bonds. The van der Waals surface area contributed by atoms with Crippen molar-refractivity contribution in [1.29, 1.82) is 0 Å². The predicted octanol–water partition coefficient (Wildman–Crippen LogP) is 2.02. The van der Waals surface area contributed by atoms with Crippen molar-refractivity contribution < 1.29 is 14.3 Å². The van der Waals surface area contributed by atoms with Crippen LogP contribution in [0.25, 0.3) is 0 Å². The molecule has 3 rings (SSSR count). The first-order valence-electron chi connectivity index (χ1n) is 9.10. The average Bonchev–Trinajstić information content (AvgIpc) is 3.03. The summed E-state index contributed by atoms with van der Waals surface area (Å²) in [5.74, 6) is 0.501. The van der Waals surface area contributed by atoms with Crippen LogP contribution in [0.5, 0.6) is 0 Å². The monoisotopic (exact) mass is 320 g/mol. The first kappa shape index (κ1) is 16.5. The van der Waals surface area contributed by atoms with Crippen LogP contribution in [-0.2, 0) is 14.3 Å². The minimum absolute atomic E-state index is 0.0141. The van der Waals surface area contributed by atoms with Crippen LogP contribution in [0, 0.1) is 5.92 Å². The van der Waals surface area contributed by atoms with Crippen molar-refractivity contribution in [3.05, 3.63) is 12.2 Å². The highest BCUT2D eigenvalue weighted by atomic mass is 16.5. The van der Waals surface area contributed by atoms with Gasteiger partial charge in [-0.1, -0.05) is 12.2 Å². The third-order valence-corrected chi connectivity index (χ3v) is 5.20. The molecule has 0 saturated carbocycles. The maximum atomic E-state index is 13.0. The van der Waals surface area contributed by atoms with E-state index in [9.17, 15) is 9.59 Å². The van der Waals surface area contributed by atoms with Gasteiger partial charge in [0, 0.05) is 19.7 Å². The maximum Gasteiger partial charge on any atom is 0.252 e. The minimum Gasteiger partial charge on any atom is -0.368 e. The number of nitrogens with zero attached hydrogens (tertiary/aromatic N) is 1. The third kappa shape index (κ3) is 4.14. The molecule has 0 bridgehead atoms. The van der Waals surface area contributed by atoms with Crippen molar-refractivity contribution >= 4 is 11.8 Å². The SMILES string of the molecule is O=C1NCCCC[C@@H]1N(C[C@@H]1CC=CCC1)C(=O)[C@@H]1CCCO1. The van der Waals surface area contributed by atoms with E-state index in [1.807, 2.05) is 4.90 Å². The van der Waals surface area contributed by atoms with E-state index in [2.05, 4.69) is 17.5 Å². The van der Waals surface area contributed by atoms with Gasteiger partial charge in [-0.25, -0.2) is 0 Å². The summed E-state index contributed by atoms with van der Waals surface area (Å²) in [4.78, 5) is 27.3. The lowest BCUT2D eigenvalue weighted by molar-refractivity contribution is -0.148. The second kappa shape index (κ2) is 7.95. The molecular weight excluding hydrogens is 292 g/mol. The van der Waals surface area contributed by atoms with Gasteiger partial charge in [0.15, 0.2) is 0 Å². The lowest BCUT2D eigenvalue weighted by Crippen LogP contribution is -2.53. The van der Waals surface area contributed by atoms with Gasteiger partial charge in [-0.2, -0.15) is 0 Å². The van der Waals surface area contributed by atoms with E-state index >= 15 is 0 Å². The Morgan fingerprint density at radius 1 is 1.22 bits per heavy atom. The molecule has 3 aliphatic rings. The molecule has 2 saturated heterocycles. The van der Waals surface area contributed by atoms with Crippen LogP contribution in [0.1, 0.15) is 51.4 Å². The van der Waals surface area contributed by atoms with Gasteiger partial charge in [0.2, 0.25) is 5.91 Å². The van der Waals surface area contributed by atoms with Gasteiger partial charge in [-0.3, -0.25) is 9.59 Å². The zero-order valence-electron chi connectivity index (χ0n) is 13.8. The molecule has 1 N–H and O–H groups in total. The Morgan fingerprint density at radius 3 is 2.87 bits per heavy atom. The first-order chi connectivity index (χ1) is 11.3. The Hall–Kier alpha value is -1.36. The molecule has 5 heteroatoms. The van der Waals surface area contributed by atoms with Crippen LogP contribution >= 0.6 is 0 Å². The highest BCUT2D eigenvalue weighted by Crippen LogP contribution is 2.25. The maximum absolute atomic E-state index is 13.0. The summed E-state index contributed by atoms with van der Waals surface area (Å²) < 4.78 is 5.61. The Balaban J connectivity index is 1.74. The number of hydrogen-bond acceptors (Lipinski definition) is 3. The zero-order valence-corrected chi connectivity index (χ0v) is 13.8. The topological polar surface area (TPSA) is 58.6 Å². The van der Waals surface area contributed by atoms with E-state index in [0.29, 0.717) is 19.1 Å². The number of nitrogens with one attached hydrogen (secondary N) is 1. The molecule has 0 aromatic heterocycles. The molecule has 0 aromatic carbocycles. The fraction of sp³-hybridized carbons (Fsp3) is 0.778. The number of allylic oxidation sites excluding steroid dienone is 2. The molecule has 0 aromatic rings. The Labute approximate surface area is 138 Å². The van der Waals surface area contributed by atoms with E-state index in [4.69, 9.17) is 4.74 Å². The Kier molecular flexibility index (Phi) is 5.70. The van der Waals surface area contributed by atoms with Crippen molar-refractivity contribution in [2.75, 3.05) is 19.7 Å². The fourth-order valence-electron chi connectivity index (χ4n) is 3.85. The van der Waals surface area contributed by atoms with Crippen LogP contribution in [0.15, 0.2) is 12.2 Å². The fourth-order valence-corrected chi connectivity index (χ4v) is 3.85. The number of ether oxygens (including phenoxy) is 1. The standard InChI is InChI=1S/C18H28N2O3/c21-17-15(9-4-5-11-19-17)20(13-14-7-2-1-3-8-14)18(22)16-10-6-12-23-16/h1-2,14-16H,3-13H2,(H,19,21)/t14-,15+,16+/m1/s1. The van der Waals surface area contributed by atoms with Gasteiger partial charge in [-0.15, -0.1) is 0 Å². The van der Waals surface area contributed by atoms with Gasteiger partial charge in [0.25, 0.3) is 5.91 Å². The van der Waals surface area contributed by atoms with Gasteiger partial charge in [0.05, 0.1) is 0 Å². The number of carbonyl (C=O) groups excluding carboxylic acids is 2. The Morgan fingerprint density at radius 2 is 2.13 bits per heavy atom. The van der Waals surface area contributed by atoms with Gasteiger partial charge < -0.3 is 15.0 Å². The van der Waals surface area contributed by atoms with Crippen LogP contribution in [0.2, 0.25) is 0 Å². The third-order valence-electron chi connectivity index (χ3n) is 5.20. The molecule has 2 fully saturated rings. The molecule has 0 spiro atoms. The van der Waals surface area contributed by atoms with Gasteiger partial charge in [0.1, 0.15) is 12.1 Å². The zero-order chi connectivity index (χ0) is 16.1. The summed E-state index contributed by atoms with van der Waals surface area (Å²) >= 11 is 0. The molecule has 128 valence electrons. The molecule has 2 heterocycles. The number of hydrogen-bond donors (Lipinski definition) is 1. The van der Waals surface area contributed by atoms with E-state index in [1.165, 1.54) is 0 Å². The molecule has 0 unspecified atom stereocenters. The molecule has 0 radical (unpaired) electrons. The second-order valence-electron chi connectivity index (χ2n) is 6.95. The van der Waals surface area contributed by atoms with E-state index < -0.39 is 0 Å². The summed E-state index contributed by atoms with van der Waals surface area (Å²) in [5, 5.41) is 2.97. The van der Waals surface area contributed by atoms with E-state index in [-0.39, 0.29) is 24.0 Å². The molecule has 3 atom stereocenters. The smallest absolute Gasteiger partial charge is 0.252 e. The van der Waals surface area contributed by atoms with Crippen LogP contribution in [-0.4, -0.2) is 48.6 Å². The molecule has 23 heavy (non-hydrogen) atoms. The average molecular weight is 320 g/mol. The van der Waals surface area contributed by atoms with Crippen molar-refractivity contribution in [2.45, 2.75) is 63.5 Å². The van der Waals surface area contributed by atoms with Crippen molar-refractivity contribution in [3.8, 4) is 0 Å². The van der Waals surface area contributed by atoms with Crippen LogP contribution in [0.4, 0.5) is 0 Å². The number of amides is 2. The summed E-state index contributed by atoms with van der Waals surface area (Å²) in [6.45, 7) is 2.07. The van der Waals surface area contributed by atoms with Crippen LogP contribution < -0.4 is 5.32 Å². The molecule has 1 aliphatic carbocycles. The Bertz CT molecular complexity index is 457. The molecular formula is C18H28N2O3. The highest BCUT2D eigenvalue weighted by molar-refractivity contribution is 5.89. The van der Waals surface area contributed by atoms with Crippen LogP contribution in [0.3, 0.4) is 0 Å². The predicted molar refractivity (Wildman–Crippen MR) is 87.8 cm³/mol. The van der Waals surface area contributed by atoms with Crippen molar-refractivity contribution in [1.82, 2.24) is 10.2 Å². The quantitative estimate of drug-likeness (QED) is 0.806. The summed E-state index contributed by atoms with van der Waals surface area (Å²) in [6.07, 6.45) is 11.7. The number of carbonyl (C=O) groups is 2. The van der Waals surface area contributed by atoms with Gasteiger partial charge in [-0.05, 0) is 57.3 Å². The first-order valence-corrected chi connectivity index (χ1v) is 9.10. The molecule has 2 aliphatic heterocycles. The van der Waals surface area contributed by atoms with Gasteiger partial charge >= 0.3 is 0 Å². The lowest BCUT2D eigenvalue weighted by Gasteiger charge is -2.35. The van der Waals surface area contributed by atoms with E-state index in [1.54, 1.807) is 0 Å². The lowest BCUT2D eigenvalue weighted by atomic mass is 9.92. The summed E-state index contributed by atoms with van der Waals surface area (Å²) in [7, 11) is 0. The normalized spacial score (nSPS) is 31.5. The second-order valence-corrected chi connectivity index (χ2v) is 6.95. The summed E-state index contributed by atoms with van der Waals surface area (Å²) in [6, 6.07) is -0.319. The van der Waals surface area contributed by atoms with E-state index in [0.717, 1.165) is 57.9 Å². The van der Waals surface area contributed by atoms with Crippen molar-refractivity contribution in [2.24, 2.45) is 5.92 Å². The highest BCUT2D eigenvalue weighted by Gasteiger charge is 2.37. The summed E-state index contributed by atoms with van der Waals surface area (Å²) in [5.41, 5.74) is 0. The minimum atomic E-state index is -0.342. The van der Waals surface area contributed by atoms with Crippen molar-refractivity contribution in [3.63, 3.8) is 0 Å². The largest absolute Gasteiger partial charge is 0.368 e. The molecule has 5 nitrogen and oxygen atoms in total. The number of rotatable bonds is 4.